The fraction of sp³-hybridized carbons (Fsp3) is 1.00. The normalized spacial score (nSPS) is 33.8. The Morgan fingerprint density at radius 2 is 1.72 bits per heavy atom. The van der Waals surface area contributed by atoms with Crippen molar-refractivity contribution in [2.24, 2.45) is 11.3 Å². The molecule has 2 unspecified atom stereocenters. The highest BCUT2D eigenvalue weighted by Crippen LogP contribution is 2.38. The molecule has 2 aliphatic rings. The predicted molar refractivity (Wildman–Crippen MR) is 76.6 cm³/mol. The first kappa shape index (κ1) is 14.3. The SMILES string of the molecule is CN(CC1CCCCC1)C1CCCC(C)(C)C1O. The van der Waals surface area contributed by atoms with Crippen LogP contribution in [-0.2, 0) is 0 Å². The average Bonchev–Trinajstić information content (AvgIpc) is 2.34. The molecule has 0 aromatic rings. The van der Waals surface area contributed by atoms with Gasteiger partial charge in [0.2, 0.25) is 0 Å². The Morgan fingerprint density at radius 1 is 1.06 bits per heavy atom. The highest BCUT2D eigenvalue weighted by Gasteiger charge is 2.39. The Balaban J connectivity index is 1.89. The summed E-state index contributed by atoms with van der Waals surface area (Å²) in [6.45, 7) is 5.63. The third kappa shape index (κ3) is 3.27. The summed E-state index contributed by atoms with van der Waals surface area (Å²) in [5, 5.41) is 10.6. The van der Waals surface area contributed by atoms with Gasteiger partial charge < -0.3 is 10.0 Å². The molecule has 1 N–H and O–H groups in total. The minimum atomic E-state index is -0.153. The minimum absolute atomic E-state index is 0.101. The molecule has 106 valence electrons. The summed E-state index contributed by atoms with van der Waals surface area (Å²) in [7, 11) is 2.23. The van der Waals surface area contributed by atoms with Gasteiger partial charge >= 0.3 is 0 Å². The molecule has 0 aromatic heterocycles. The summed E-state index contributed by atoms with van der Waals surface area (Å²) in [6, 6.07) is 0.385. The average molecular weight is 253 g/mol. The maximum atomic E-state index is 10.6. The maximum absolute atomic E-state index is 10.6. The first-order valence-corrected chi connectivity index (χ1v) is 7.89. The molecule has 0 spiro atoms. The Kier molecular flexibility index (Phi) is 4.71. The lowest BCUT2D eigenvalue weighted by atomic mass is 9.72. The molecule has 2 fully saturated rings. The number of likely N-dealkylation sites (N-methyl/N-ethyl adjacent to an activating group) is 1. The van der Waals surface area contributed by atoms with Gasteiger partial charge in [0.05, 0.1) is 6.10 Å². The van der Waals surface area contributed by atoms with Crippen LogP contribution >= 0.6 is 0 Å². The quantitative estimate of drug-likeness (QED) is 0.833. The largest absolute Gasteiger partial charge is 0.391 e. The van der Waals surface area contributed by atoms with Gasteiger partial charge in [-0.25, -0.2) is 0 Å². The van der Waals surface area contributed by atoms with Gasteiger partial charge in [-0.2, -0.15) is 0 Å². The van der Waals surface area contributed by atoms with Crippen LogP contribution in [0, 0.1) is 11.3 Å². The van der Waals surface area contributed by atoms with Crippen molar-refractivity contribution >= 4 is 0 Å². The topological polar surface area (TPSA) is 23.5 Å². The second kappa shape index (κ2) is 5.92. The van der Waals surface area contributed by atoms with Crippen LogP contribution in [-0.4, -0.2) is 35.7 Å². The third-order valence-corrected chi connectivity index (χ3v) is 5.32. The molecule has 0 saturated heterocycles. The molecular formula is C16H31NO. The molecule has 2 saturated carbocycles. The van der Waals surface area contributed by atoms with Gasteiger partial charge in [-0.05, 0) is 44.1 Å². The predicted octanol–water partition coefficient (Wildman–Crippen LogP) is 3.44. The van der Waals surface area contributed by atoms with Crippen molar-refractivity contribution in [3.05, 3.63) is 0 Å². The summed E-state index contributed by atoms with van der Waals surface area (Å²) < 4.78 is 0. The summed E-state index contributed by atoms with van der Waals surface area (Å²) in [4.78, 5) is 2.46. The van der Waals surface area contributed by atoms with Gasteiger partial charge in [0.15, 0.2) is 0 Å². The van der Waals surface area contributed by atoms with Crippen LogP contribution in [0.1, 0.15) is 65.2 Å². The van der Waals surface area contributed by atoms with Gasteiger partial charge in [0.25, 0.3) is 0 Å². The number of hydrogen-bond donors (Lipinski definition) is 1. The molecule has 0 amide bonds. The molecule has 2 nitrogen and oxygen atoms in total. The van der Waals surface area contributed by atoms with Crippen LogP contribution in [0.5, 0.6) is 0 Å². The number of hydrogen-bond acceptors (Lipinski definition) is 2. The Bertz CT molecular complexity index is 258. The van der Waals surface area contributed by atoms with E-state index >= 15 is 0 Å². The number of rotatable bonds is 3. The molecule has 0 aliphatic heterocycles. The molecule has 0 aromatic carbocycles. The van der Waals surface area contributed by atoms with Crippen molar-refractivity contribution in [1.82, 2.24) is 4.90 Å². The van der Waals surface area contributed by atoms with Crippen molar-refractivity contribution in [2.45, 2.75) is 77.4 Å². The molecule has 0 heterocycles. The van der Waals surface area contributed by atoms with Gasteiger partial charge in [0, 0.05) is 12.6 Å². The standard InChI is InChI=1S/C16H31NO/c1-16(2)11-7-10-14(15(16)18)17(3)12-13-8-5-4-6-9-13/h13-15,18H,4-12H2,1-3H3. The fourth-order valence-electron chi connectivity index (χ4n) is 3.97. The smallest absolute Gasteiger partial charge is 0.0746 e. The van der Waals surface area contributed by atoms with Crippen LogP contribution in [0.25, 0.3) is 0 Å². The lowest BCUT2D eigenvalue weighted by Gasteiger charge is -2.45. The zero-order valence-electron chi connectivity index (χ0n) is 12.5. The van der Waals surface area contributed by atoms with Crippen LogP contribution in [0.3, 0.4) is 0 Å². The lowest BCUT2D eigenvalue weighted by Crippen LogP contribution is -2.52. The van der Waals surface area contributed by atoms with Crippen molar-refractivity contribution < 1.29 is 5.11 Å². The zero-order chi connectivity index (χ0) is 13.2. The van der Waals surface area contributed by atoms with E-state index in [2.05, 4.69) is 25.8 Å². The molecule has 2 aliphatic carbocycles. The van der Waals surface area contributed by atoms with E-state index in [4.69, 9.17) is 0 Å². The Hall–Kier alpha value is -0.0800. The summed E-state index contributed by atoms with van der Waals surface area (Å²) >= 11 is 0. The second-order valence-electron chi connectivity index (χ2n) is 7.34. The zero-order valence-corrected chi connectivity index (χ0v) is 12.5. The Morgan fingerprint density at radius 3 is 2.39 bits per heavy atom. The van der Waals surface area contributed by atoms with Crippen LogP contribution in [0.4, 0.5) is 0 Å². The molecule has 2 atom stereocenters. The van der Waals surface area contributed by atoms with Crippen molar-refractivity contribution in [2.75, 3.05) is 13.6 Å². The highest BCUT2D eigenvalue weighted by atomic mass is 16.3. The van der Waals surface area contributed by atoms with E-state index < -0.39 is 0 Å². The molecule has 2 heteroatoms. The molecular weight excluding hydrogens is 222 g/mol. The monoisotopic (exact) mass is 253 g/mol. The summed E-state index contributed by atoms with van der Waals surface area (Å²) in [5.41, 5.74) is 0.101. The van der Waals surface area contributed by atoms with Crippen LogP contribution in [0.15, 0.2) is 0 Å². The lowest BCUT2D eigenvalue weighted by molar-refractivity contribution is -0.0543. The van der Waals surface area contributed by atoms with Gasteiger partial charge in [-0.3, -0.25) is 0 Å². The second-order valence-corrected chi connectivity index (χ2v) is 7.34. The first-order chi connectivity index (χ1) is 8.50. The highest BCUT2D eigenvalue weighted by molar-refractivity contribution is 4.93. The van der Waals surface area contributed by atoms with Crippen molar-refractivity contribution in [3.8, 4) is 0 Å². The number of aliphatic hydroxyl groups is 1. The van der Waals surface area contributed by atoms with Crippen LogP contribution < -0.4 is 0 Å². The number of aliphatic hydroxyl groups excluding tert-OH is 1. The third-order valence-electron chi connectivity index (χ3n) is 5.32. The molecule has 0 bridgehead atoms. The molecule has 0 radical (unpaired) electrons. The van der Waals surface area contributed by atoms with E-state index in [1.165, 1.54) is 57.9 Å². The summed E-state index contributed by atoms with van der Waals surface area (Å²) in [5.74, 6) is 0.876. The van der Waals surface area contributed by atoms with E-state index in [9.17, 15) is 5.11 Å². The van der Waals surface area contributed by atoms with E-state index in [1.807, 2.05) is 0 Å². The molecule has 2 rings (SSSR count). The number of nitrogens with zero attached hydrogens (tertiary/aromatic N) is 1. The first-order valence-electron chi connectivity index (χ1n) is 7.89. The van der Waals surface area contributed by atoms with Gasteiger partial charge in [-0.1, -0.05) is 39.5 Å². The minimum Gasteiger partial charge on any atom is -0.391 e. The van der Waals surface area contributed by atoms with Gasteiger partial charge in [0.1, 0.15) is 0 Å². The van der Waals surface area contributed by atoms with E-state index in [-0.39, 0.29) is 11.5 Å². The maximum Gasteiger partial charge on any atom is 0.0746 e. The van der Waals surface area contributed by atoms with E-state index in [0.29, 0.717) is 6.04 Å². The van der Waals surface area contributed by atoms with Crippen molar-refractivity contribution in [3.63, 3.8) is 0 Å². The van der Waals surface area contributed by atoms with Crippen LogP contribution in [0.2, 0.25) is 0 Å². The fourth-order valence-corrected chi connectivity index (χ4v) is 3.97. The Labute approximate surface area is 113 Å². The van der Waals surface area contributed by atoms with E-state index in [0.717, 1.165) is 5.92 Å². The summed E-state index contributed by atoms with van der Waals surface area (Å²) in [6.07, 6.45) is 10.5. The van der Waals surface area contributed by atoms with E-state index in [1.54, 1.807) is 0 Å². The van der Waals surface area contributed by atoms with Crippen molar-refractivity contribution in [1.29, 1.82) is 0 Å². The molecule has 18 heavy (non-hydrogen) atoms. The van der Waals surface area contributed by atoms with Gasteiger partial charge in [-0.15, -0.1) is 0 Å².